The lowest BCUT2D eigenvalue weighted by atomic mass is 9.85. The number of hydrogen-bond acceptors (Lipinski definition) is 3. The highest BCUT2D eigenvalue weighted by Gasteiger charge is 2.19. The van der Waals surface area contributed by atoms with Gasteiger partial charge in [0.25, 0.3) is 0 Å². The van der Waals surface area contributed by atoms with Crippen LogP contribution in [0, 0.1) is 11.8 Å². The van der Waals surface area contributed by atoms with Crippen LogP contribution < -0.4 is 10.1 Å². The molecule has 0 saturated carbocycles. The molecule has 2 rings (SSSR count). The SMILES string of the molecule is CNCc1cnc(OCC2CC=CCC2C)c(Cl)c1. The summed E-state index contributed by atoms with van der Waals surface area (Å²) in [5, 5.41) is 3.66. The van der Waals surface area contributed by atoms with Crippen molar-refractivity contribution in [2.45, 2.75) is 26.3 Å². The maximum atomic E-state index is 6.19. The van der Waals surface area contributed by atoms with Gasteiger partial charge in [0, 0.05) is 12.7 Å². The predicted octanol–water partition coefficient (Wildman–Crippen LogP) is 3.44. The predicted molar refractivity (Wildman–Crippen MR) is 78.5 cm³/mol. The highest BCUT2D eigenvalue weighted by molar-refractivity contribution is 6.31. The van der Waals surface area contributed by atoms with Crippen molar-refractivity contribution in [2.75, 3.05) is 13.7 Å². The Hall–Kier alpha value is -1.06. The molecule has 0 aromatic carbocycles. The second-order valence-electron chi connectivity index (χ2n) is 5.15. The molecule has 1 aliphatic carbocycles. The number of nitrogens with one attached hydrogen (secondary N) is 1. The Morgan fingerprint density at radius 2 is 2.21 bits per heavy atom. The van der Waals surface area contributed by atoms with E-state index in [9.17, 15) is 0 Å². The minimum Gasteiger partial charge on any atom is -0.476 e. The topological polar surface area (TPSA) is 34.2 Å². The normalized spacial score (nSPS) is 22.5. The van der Waals surface area contributed by atoms with Gasteiger partial charge in [-0.15, -0.1) is 0 Å². The summed E-state index contributed by atoms with van der Waals surface area (Å²) >= 11 is 6.19. The van der Waals surface area contributed by atoms with Crippen LogP contribution in [0.4, 0.5) is 0 Å². The molecule has 19 heavy (non-hydrogen) atoms. The average molecular weight is 281 g/mol. The molecule has 0 fully saturated rings. The second kappa shape index (κ2) is 6.92. The van der Waals surface area contributed by atoms with E-state index in [4.69, 9.17) is 16.3 Å². The van der Waals surface area contributed by atoms with Crippen molar-refractivity contribution < 1.29 is 4.74 Å². The molecule has 0 aliphatic heterocycles. The summed E-state index contributed by atoms with van der Waals surface area (Å²) in [5.74, 6) is 1.76. The van der Waals surface area contributed by atoms with E-state index in [2.05, 4.69) is 29.4 Å². The lowest BCUT2D eigenvalue weighted by Gasteiger charge is -2.25. The first kappa shape index (κ1) is 14.4. The number of halogens is 1. The number of ether oxygens (including phenoxy) is 1. The molecule has 2 atom stereocenters. The van der Waals surface area contributed by atoms with Gasteiger partial charge in [0.05, 0.1) is 6.61 Å². The van der Waals surface area contributed by atoms with Crippen LogP contribution in [0.5, 0.6) is 5.88 Å². The Bertz CT molecular complexity index is 448. The maximum absolute atomic E-state index is 6.19. The Morgan fingerprint density at radius 3 is 2.89 bits per heavy atom. The minimum absolute atomic E-state index is 0.545. The zero-order valence-electron chi connectivity index (χ0n) is 11.5. The first-order chi connectivity index (χ1) is 9.20. The zero-order valence-corrected chi connectivity index (χ0v) is 12.3. The van der Waals surface area contributed by atoms with Crippen LogP contribution in [-0.2, 0) is 6.54 Å². The molecular formula is C15H21ClN2O. The molecule has 1 heterocycles. The molecule has 1 aromatic rings. The van der Waals surface area contributed by atoms with Gasteiger partial charge in [0.15, 0.2) is 0 Å². The van der Waals surface area contributed by atoms with Crippen LogP contribution in [-0.4, -0.2) is 18.6 Å². The molecule has 1 N–H and O–H groups in total. The van der Waals surface area contributed by atoms with E-state index in [1.54, 1.807) is 0 Å². The quantitative estimate of drug-likeness (QED) is 0.839. The molecule has 3 nitrogen and oxygen atoms in total. The number of pyridine rings is 1. The molecular weight excluding hydrogens is 260 g/mol. The van der Waals surface area contributed by atoms with Gasteiger partial charge in [0.1, 0.15) is 5.02 Å². The highest BCUT2D eigenvalue weighted by atomic mass is 35.5. The van der Waals surface area contributed by atoms with E-state index in [1.165, 1.54) is 0 Å². The van der Waals surface area contributed by atoms with Crippen LogP contribution >= 0.6 is 11.6 Å². The molecule has 0 spiro atoms. The van der Waals surface area contributed by atoms with Crippen LogP contribution in [0.1, 0.15) is 25.3 Å². The zero-order chi connectivity index (χ0) is 13.7. The van der Waals surface area contributed by atoms with E-state index in [1.807, 2.05) is 19.3 Å². The van der Waals surface area contributed by atoms with Gasteiger partial charge >= 0.3 is 0 Å². The fourth-order valence-corrected chi connectivity index (χ4v) is 2.54. The summed E-state index contributed by atoms with van der Waals surface area (Å²) in [6, 6.07) is 1.91. The van der Waals surface area contributed by atoms with Gasteiger partial charge in [-0.25, -0.2) is 4.98 Å². The first-order valence-electron chi connectivity index (χ1n) is 6.77. The summed E-state index contributed by atoms with van der Waals surface area (Å²) < 4.78 is 5.78. The van der Waals surface area contributed by atoms with Crippen molar-refractivity contribution in [3.05, 3.63) is 35.0 Å². The number of allylic oxidation sites excluding steroid dienone is 2. The fourth-order valence-electron chi connectivity index (χ4n) is 2.30. The number of nitrogens with zero attached hydrogens (tertiary/aromatic N) is 1. The van der Waals surface area contributed by atoms with Gasteiger partial charge < -0.3 is 10.1 Å². The van der Waals surface area contributed by atoms with E-state index >= 15 is 0 Å². The monoisotopic (exact) mass is 280 g/mol. The van der Waals surface area contributed by atoms with Crippen LogP contribution in [0.15, 0.2) is 24.4 Å². The summed E-state index contributed by atoms with van der Waals surface area (Å²) in [7, 11) is 1.90. The fraction of sp³-hybridized carbons (Fsp3) is 0.533. The molecule has 0 amide bonds. The van der Waals surface area contributed by atoms with E-state index in [0.29, 0.717) is 29.3 Å². The maximum Gasteiger partial charge on any atom is 0.232 e. The van der Waals surface area contributed by atoms with Crippen LogP contribution in [0.2, 0.25) is 5.02 Å². The smallest absolute Gasteiger partial charge is 0.232 e. The van der Waals surface area contributed by atoms with Crippen molar-refractivity contribution >= 4 is 11.6 Å². The molecule has 1 aliphatic rings. The Kier molecular flexibility index (Phi) is 5.23. The first-order valence-corrected chi connectivity index (χ1v) is 7.15. The largest absolute Gasteiger partial charge is 0.476 e. The summed E-state index contributed by atoms with van der Waals surface area (Å²) in [6.07, 6.45) is 8.51. The van der Waals surface area contributed by atoms with Gasteiger partial charge in [-0.05, 0) is 43.4 Å². The van der Waals surface area contributed by atoms with Crippen molar-refractivity contribution in [1.29, 1.82) is 0 Å². The molecule has 4 heteroatoms. The number of rotatable bonds is 5. The third kappa shape index (κ3) is 3.95. The molecule has 0 radical (unpaired) electrons. The van der Waals surface area contributed by atoms with Crippen LogP contribution in [0.3, 0.4) is 0 Å². The number of hydrogen-bond donors (Lipinski definition) is 1. The van der Waals surface area contributed by atoms with Crippen molar-refractivity contribution in [3.63, 3.8) is 0 Å². The highest BCUT2D eigenvalue weighted by Crippen LogP contribution is 2.28. The van der Waals surface area contributed by atoms with Gasteiger partial charge in [-0.3, -0.25) is 0 Å². The Morgan fingerprint density at radius 1 is 1.42 bits per heavy atom. The summed E-state index contributed by atoms with van der Waals surface area (Å²) in [5.41, 5.74) is 1.06. The average Bonchev–Trinajstić information content (AvgIpc) is 2.40. The standard InChI is InChI=1S/C15H21ClN2O/c1-11-5-3-4-6-13(11)10-19-15-14(16)7-12(8-17-2)9-18-15/h3-4,7,9,11,13,17H,5-6,8,10H2,1-2H3. The Labute approximate surface area is 120 Å². The van der Waals surface area contributed by atoms with E-state index in [0.717, 1.165) is 24.9 Å². The molecule has 2 unspecified atom stereocenters. The number of aromatic nitrogens is 1. The van der Waals surface area contributed by atoms with Gasteiger partial charge in [-0.2, -0.15) is 0 Å². The van der Waals surface area contributed by atoms with Gasteiger partial charge in [-0.1, -0.05) is 30.7 Å². The molecule has 0 saturated heterocycles. The van der Waals surface area contributed by atoms with Crippen molar-refractivity contribution in [1.82, 2.24) is 10.3 Å². The van der Waals surface area contributed by atoms with Crippen LogP contribution in [0.25, 0.3) is 0 Å². The lowest BCUT2D eigenvalue weighted by molar-refractivity contribution is 0.193. The van der Waals surface area contributed by atoms with E-state index < -0.39 is 0 Å². The Balaban J connectivity index is 1.94. The second-order valence-corrected chi connectivity index (χ2v) is 5.56. The summed E-state index contributed by atoms with van der Waals surface area (Å²) in [6.45, 7) is 3.71. The third-order valence-electron chi connectivity index (χ3n) is 3.60. The van der Waals surface area contributed by atoms with E-state index in [-0.39, 0.29) is 0 Å². The molecule has 1 aromatic heterocycles. The molecule has 0 bridgehead atoms. The summed E-state index contributed by atoms with van der Waals surface area (Å²) in [4.78, 5) is 4.29. The lowest BCUT2D eigenvalue weighted by Crippen LogP contribution is -2.21. The third-order valence-corrected chi connectivity index (χ3v) is 3.87. The minimum atomic E-state index is 0.545. The molecule has 104 valence electrons. The van der Waals surface area contributed by atoms with Crippen molar-refractivity contribution in [2.24, 2.45) is 11.8 Å². The van der Waals surface area contributed by atoms with Gasteiger partial charge in [0.2, 0.25) is 5.88 Å². The van der Waals surface area contributed by atoms with Crippen molar-refractivity contribution in [3.8, 4) is 5.88 Å².